The molecule has 0 amide bonds. The van der Waals surface area contributed by atoms with E-state index < -0.39 is 0 Å². The predicted octanol–water partition coefficient (Wildman–Crippen LogP) is 3.35. The van der Waals surface area contributed by atoms with Crippen LogP contribution in [0.5, 0.6) is 0 Å². The molecule has 0 aromatic heterocycles. The van der Waals surface area contributed by atoms with Gasteiger partial charge in [-0.2, -0.15) is 0 Å². The summed E-state index contributed by atoms with van der Waals surface area (Å²) in [6, 6.07) is 0.679. The van der Waals surface area contributed by atoms with Crippen molar-refractivity contribution in [3.63, 3.8) is 0 Å². The highest BCUT2D eigenvalue weighted by atomic mass is 15.0. The number of hydrogen-bond donors (Lipinski definition) is 1. The van der Waals surface area contributed by atoms with Crippen molar-refractivity contribution in [2.24, 2.45) is 11.8 Å². The molecule has 1 aliphatic heterocycles. The first kappa shape index (κ1) is 10.1. The molecule has 2 fully saturated rings. The van der Waals surface area contributed by atoms with Crippen molar-refractivity contribution in [2.45, 2.75) is 44.6 Å². The first-order valence-corrected chi connectivity index (χ1v) is 7.28. The van der Waals surface area contributed by atoms with E-state index in [2.05, 4.69) is 23.5 Å². The Hall–Kier alpha value is -0.820. The molecule has 4 aliphatic rings. The Labute approximate surface area is 104 Å². The van der Waals surface area contributed by atoms with E-state index >= 15 is 0 Å². The zero-order chi connectivity index (χ0) is 11.2. The summed E-state index contributed by atoms with van der Waals surface area (Å²) in [6.07, 6.45) is 15.7. The second kappa shape index (κ2) is 3.84. The van der Waals surface area contributed by atoms with Gasteiger partial charge in [0.1, 0.15) is 0 Å². The number of fused-ring (bicyclic) bond motifs is 5. The number of rotatable bonds is 0. The average Bonchev–Trinajstić information content (AvgIpc) is 2.86. The van der Waals surface area contributed by atoms with E-state index in [0.29, 0.717) is 6.04 Å². The smallest absolute Gasteiger partial charge is 0.0352 e. The lowest BCUT2D eigenvalue weighted by atomic mass is 9.66. The highest BCUT2D eigenvalue weighted by Gasteiger charge is 2.39. The largest absolute Gasteiger partial charge is 0.309 e. The fraction of sp³-hybridized carbons (Fsp3) is 0.625. The Bertz CT molecular complexity index is 427. The Morgan fingerprint density at radius 2 is 2.06 bits per heavy atom. The van der Waals surface area contributed by atoms with E-state index in [-0.39, 0.29) is 0 Å². The summed E-state index contributed by atoms with van der Waals surface area (Å²) in [7, 11) is 0. The van der Waals surface area contributed by atoms with Crippen LogP contribution in [0, 0.1) is 11.8 Å². The van der Waals surface area contributed by atoms with Crippen LogP contribution in [0.4, 0.5) is 0 Å². The van der Waals surface area contributed by atoms with Crippen LogP contribution in [-0.2, 0) is 0 Å². The van der Waals surface area contributed by atoms with E-state index in [1.54, 1.807) is 16.7 Å². The van der Waals surface area contributed by atoms with Crippen LogP contribution >= 0.6 is 0 Å². The molecule has 1 saturated carbocycles. The van der Waals surface area contributed by atoms with Crippen molar-refractivity contribution < 1.29 is 0 Å². The summed E-state index contributed by atoms with van der Waals surface area (Å²) in [5.41, 5.74) is 5.06. The standard InChI is InChI=1S/C16H21N/c1-2-4-13-11(3-1)5-8-15-14(13)7-6-12-9-10-17-16(12)15/h4,6-7,11,15-17H,1-3,5,8-10H2. The van der Waals surface area contributed by atoms with E-state index in [0.717, 1.165) is 11.8 Å². The lowest BCUT2D eigenvalue weighted by Gasteiger charge is -2.40. The van der Waals surface area contributed by atoms with Gasteiger partial charge >= 0.3 is 0 Å². The van der Waals surface area contributed by atoms with Crippen LogP contribution in [-0.4, -0.2) is 12.6 Å². The van der Waals surface area contributed by atoms with E-state index in [1.165, 1.54) is 45.1 Å². The maximum Gasteiger partial charge on any atom is 0.0352 e. The van der Waals surface area contributed by atoms with Crippen molar-refractivity contribution in [3.8, 4) is 0 Å². The van der Waals surface area contributed by atoms with Gasteiger partial charge in [0.2, 0.25) is 0 Å². The SMILES string of the molecule is C1=C2C3=CC=C4CCNC4C3CCC2CCC1. The van der Waals surface area contributed by atoms with Gasteiger partial charge in [-0.15, -0.1) is 0 Å². The lowest BCUT2D eigenvalue weighted by molar-refractivity contribution is 0.342. The minimum atomic E-state index is 0.679. The van der Waals surface area contributed by atoms with Gasteiger partial charge in [0.15, 0.2) is 0 Å². The summed E-state index contributed by atoms with van der Waals surface area (Å²) in [5.74, 6) is 1.68. The molecular weight excluding hydrogens is 206 g/mol. The van der Waals surface area contributed by atoms with Gasteiger partial charge in [0.25, 0.3) is 0 Å². The quantitative estimate of drug-likeness (QED) is 0.669. The van der Waals surface area contributed by atoms with Crippen molar-refractivity contribution in [3.05, 3.63) is 34.9 Å². The zero-order valence-corrected chi connectivity index (χ0v) is 10.4. The fourth-order valence-corrected chi connectivity index (χ4v) is 4.36. The Kier molecular flexibility index (Phi) is 2.29. The molecule has 1 heteroatoms. The lowest BCUT2D eigenvalue weighted by Crippen LogP contribution is -2.38. The molecule has 0 spiro atoms. The maximum atomic E-state index is 3.72. The summed E-state index contributed by atoms with van der Waals surface area (Å²) >= 11 is 0. The Morgan fingerprint density at radius 3 is 3.06 bits per heavy atom. The van der Waals surface area contributed by atoms with Crippen molar-refractivity contribution in [1.29, 1.82) is 0 Å². The zero-order valence-electron chi connectivity index (χ0n) is 10.4. The third-order valence-corrected chi connectivity index (χ3v) is 5.18. The molecule has 1 saturated heterocycles. The molecule has 4 rings (SSSR count). The Morgan fingerprint density at radius 1 is 1.06 bits per heavy atom. The highest BCUT2D eigenvalue weighted by molar-refractivity contribution is 5.47. The normalized spacial score (nSPS) is 39.5. The second-order valence-corrected chi connectivity index (χ2v) is 6.02. The molecule has 1 N–H and O–H groups in total. The molecule has 90 valence electrons. The van der Waals surface area contributed by atoms with Gasteiger partial charge in [-0.3, -0.25) is 0 Å². The molecule has 1 heterocycles. The number of hydrogen-bond acceptors (Lipinski definition) is 1. The van der Waals surface area contributed by atoms with Gasteiger partial charge in [-0.1, -0.05) is 23.8 Å². The summed E-state index contributed by atoms with van der Waals surface area (Å²) in [6.45, 7) is 1.19. The molecule has 17 heavy (non-hydrogen) atoms. The third-order valence-electron chi connectivity index (χ3n) is 5.18. The Balaban J connectivity index is 1.74. The molecule has 3 unspecified atom stereocenters. The first-order valence-electron chi connectivity index (χ1n) is 7.28. The monoisotopic (exact) mass is 227 g/mol. The minimum absolute atomic E-state index is 0.679. The fourth-order valence-electron chi connectivity index (χ4n) is 4.36. The average molecular weight is 227 g/mol. The summed E-state index contributed by atoms with van der Waals surface area (Å²) < 4.78 is 0. The maximum absolute atomic E-state index is 3.72. The predicted molar refractivity (Wildman–Crippen MR) is 70.7 cm³/mol. The van der Waals surface area contributed by atoms with Crippen molar-refractivity contribution >= 4 is 0 Å². The molecule has 0 radical (unpaired) electrons. The molecule has 3 aliphatic carbocycles. The van der Waals surface area contributed by atoms with Crippen LogP contribution in [0.2, 0.25) is 0 Å². The van der Waals surface area contributed by atoms with Gasteiger partial charge in [-0.25, -0.2) is 0 Å². The molecule has 0 bridgehead atoms. The van der Waals surface area contributed by atoms with Crippen LogP contribution in [0.1, 0.15) is 38.5 Å². The highest BCUT2D eigenvalue weighted by Crippen LogP contribution is 2.47. The molecule has 1 nitrogen and oxygen atoms in total. The van der Waals surface area contributed by atoms with Crippen molar-refractivity contribution in [2.75, 3.05) is 6.54 Å². The van der Waals surface area contributed by atoms with Crippen LogP contribution < -0.4 is 5.32 Å². The van der Waals surface area contributed by atoms with E-state index in [9.17, 15) is 0 Å². The number of nitrogens with one attached hydrogen (secondary N) is 1. The topological polar surface area (TPSA) is 12.0 Å². The van der Waals surface area contributed by atoms with Crippen LogP contribution in [0.15, 0.2) is 34.9 Å². The number of allylic oxidation sites excluding steroid dienone is 4. The molecule has 0 aromatic rings. The minimum Gasteiger partial charge on any atom is -0.309 e. The third kappa shape index (κ3) is 1.48. The van der Waals surface area contributed by atoms with Gasteiger partial charge in [-0.05, 0) is 62.1 Å². The summed E-state index contributed by atoms with van der Waals surface area (Å²) in [5, 5.41) is 3.72. The van der Waals surface area contributed by atoms with Gasteiger partial charge in [0, 0.05) is 12.0 Å². The second-order valence-electron chi connectivity index (χ2n) is 6.02. The first-order chi connectivity index (χ1) is 8.43. The van der Waals surface area contributed by atoms with Gasteiger partial charge in [0.05, 0.1) is 0 Å². The van der Waals surface area contributed by atoms with Crippen molar-refractivity contribution in [1.82, 2.24) is 5.32 Å². The van der Waals surface area contributed by atoms with Crippen LogP contribution in [0.3, 0.4) is 0 Å². The van der Waals surface area contributed by atoms with E-state index in [4.69, 9.17) is 0 Å². The molecule has 3 atom stereocenters. The summed E-state index contributed by atoms with van der Waals surface area (Å²) in [4.78, 5) is 0. The van der Waals surface area contributed by atoms with Crippen LogP contribution in [0.25, 0.3) is 0 Å². The molecule has 0 aromatic carbocycles. The van der Waals surface area contributed by atoms with E-state index in [1.807, 2.05) is 0 Å². The van der Waals surface area contributed by atoms with Gasteiger partial charge < -0.3 is 5.32 Å². The molecular formula is C16H21N.